The van der Waals surface area contributed by atoms with Crippen molar-refractivity contribution in [3.8, 4) is 5.75 Å². The molecule has 1 unspecified atom stereocenters. The summed E-state index contributed by atoms with van der Waals surface area (Å²) in [4.78, 5) is 4.41. The van der Waals surface area contributed by atoms with E-state index in [2.05, 4.69) is 42.3 Å². The average molecular weight is 329 g/mol. The van der Waals surface area contributed by atoms with E-state index in [0.29, 0.717) is 5.92 Å². The van der Waals surface area contributed by atoms with Crippen molar-refractivity contribution in [2.75, 3.05) is 25.1 Å². The number of ether oxygens (including phenoxy) is 2. The first-order chi connectivity index (χ1) is 11.6. The number of hydrogen-bond donors (Lipinski definition) is 1. The van der Waals surface area contributed by atoms with E-state index in [9.17, 15) is 0 Å². The van der Waals surface area contributed by atoms with Crippen LogP contribution in [0.25, 0.3) is 0 Å². The van der Waals surface area contributed by atoms with E-state index < -0.39 is 0 Å². The largest absolute Gasteiger partial charge is 0.493 e. The van der Waals surface area contributed by atoms with Crippen LogP contribution in [0.1, 0.15) is 37.2 Å². The van der Waals surface area contributed by atoms with Gasteiger partial charge in [0.1, 0.15) is 11.6 Å². The molecule has 1 aromatic heterocycles. The van der Waals surface area contributed by atoms with Crippen molar-refractivity contribution in [3.05, 3.63) is 42.0 Å². The Hall–Kier alpha value is -2.01. The maximum atomic E-state index is 6.10. The van der Waals surface area contributed by atoms with Crippen molar-refractivity contribution in [1.29, 1.82) is 0 Å². The molecule has 0 saturated carbocycles. The van der Waals surface area contributed by atoms with Crippen LogP contribution < -0.4 is 10.1 Å². The molecule has 0 radical (unpaired) electrons. The smallest absolute Gasteiger partial charge is 0.130 e. The van der Waals surface area contributed by atoms with E-state index in [0.717, 1.165) is 55.5 Å². The summed E-state index contributed by atoms with van der Waals surface area (Å²) >= 11 is 0. The maximum Gasteiger partial charge on any atom is 0.130 e. The van der Waals surface area contributed by atoms with Gasteiger partial charge in [-0.15, -0.1) is 0 Å². The quantitative estimate of drug-likeness (QED) is 0.878. The highest BCUT2D eigenvalue weighted by Crippen LogP contribution is 2.27. The van der Waals surface area contributed by atoms with Crippen LogP contribution in [0.2, 0.25) is 0 Å². The van der Waals surface area contributed by atoms with Crippen LogP contribution in [-0.2, 0) is 11.8 Å². The van der Waals surface area contributed by atoms with Gasteiger partial charge >= 0.3 is 0 Å². The number of rotatable bonds is 6. The summed E-state index contributed by atoms with van der Waals surface area (Å²) in [5.41, 5.74) is 2.22. The lowest BCUT2D eigenvalue weighted by atomic mass is 10.0. The predicted octanol–water partition coefficient (Wildman–Crippen LogP) is 3.71. The van der Waals surface area contributed by atoms with Gasteiger partial charge in [-0.3, -0.25) is 0 Å². The maximum absolute atomic E-state index is 6.10. The van der Waals surface area contributed by atoms with Gasteiger partial charge < -0.3 is 19.4 Å². The Balaban J connectivity index is 1.63. The highest BCUT2D eigenvalue weighted by atomic mass is 16.5. The SMILES string of the molecule is Cc1ccc(NC(C)c2nccn2C)cc1OCC1CCOCC1. The third-order valence-corrected chi connectivity index (χ3v) is 4.63. The lowest BCUT2D eigenvalue weighted by molar-refractivity contribution is 0.0496. The molecule has 24 heavy (non-hydrogen) atoms. The van der Waals surface area contributed by atoms with Crippen LogP contribution in [0.4, 0.5) is 5.69 Å². The summed E-state index contributed by atoms with van der Waals surface area (Å²) in [6.45, 7) is 6.68. The summed E-state index contributed by atoms with van der Waals surface area (Å²) in [6, 6.07) is 6.42. The fraction of sp³-hybridized carbons (Fsp3) is 0.526. The van der Waals surface area contributed by atoms with E-state index in [1.807, 2.05) is 24.0 Å². The van der Waals surface area contributed by atoms with Gasteiger partial charge in [-0.25, -0.2) is 4.98 Å². The highest BCUT2D eigenvalue weighted by molar-refractivity contribution is 5.52. The first kappa shape index (κ1) is 16.8. The second-order valence-corrected chi connectivity index (χ2v) is 6.61. The average Bonchev–Trinajstić information content (AvgIpc) is 3.02. The van der Waals surface area contributed by atoms with E-state index >= 15 is 0 Å². The summed E-state index contributed by atoms with van der Waals surface area (Å²) in [5, 5.41) is 3.51. The third kappa shape index (κ3) is 4.09. The zero-order valence-electron chi connectivity index (χ0n) is 14.8. The topological polar surface area (TPSA) is 48.3 Å². The molecule has 0 aliphatic carbocycles. The molecule has 0 amide bonds. The monoisotopic (exact) mass is 329 g/mol. The van der Waals surface area contributed by atoms with Gasteiger partial charge in [0.25, 0.3) is 0 Å². The molecule has 1 N–H and O–H groups in total. The minimum absolute atomic E-state index is 0.135. The van der Waals surface area contributed by atoms with Crippen molar-refractivity contribution >= 4 is 5.69 Å². The second-order valence-electron chi connectivity index (χ2n) is 6.61. The van der Waals surface area contributed by atoms with Crippen LogP contribution in [0.3, 0.4) is 0 Å². The molecular formula is C19H27N3O2. The molecule has 1 atom stereocenters. The number of anilines is 1. The van der Waals surface area contributed by atoms with E-state index in [1.54, 1.807) is 0 Å². The van der Waals surface area contributed by atoms with Gasteiger partial charge in [0, 0.05) is 44.4 Å². The third-order valence-electron chi connectivity index (χ3n) is 4.63. The lowest BCUT2D eigenvalue weighted by Gasteiger charge is -2.23. The fourth-order valence-corrected chi connectivity index (χ4v) is 3.08. The van der Waals surface area contributed by atoms with Crippen molar-refractivity contribution < 1.29 is 9.47 Å². The number of aromatic nitrogens is 2. The van der Waals surface area contributed by atoms with Crippen LogP contribution >= 0.6 is 0 Å². The molecule has 1 fully saturated rings. The zero-order valence-corrected chi connectivity index (χ0v) is 14.8. The molecule has 1 aliphatic rings. The van der Waals surface area contributed by atoms with Gasteiger partial charge in [-0.2, -0.15) is 0 Å². The minimum Gasteiger partial charge on any atom is -0.493 e. The predicted molar refractivity (Wildman–Crippen MR) is 95.5 cm³/mol. The molecule has 5 heteroatoms. The van der Waals surface area contributed by atoms with E-state index in [4.69, 9.17) is 9.47 Å². The van der Waals surface area contributed by atoms with Crippen molar-refractivity contribution in [2.24, 2.45) is 13.0 Å². The van der Waals surface area contributed by atoms with Gasteiger partial charge in [-0.05, 0) is 44.2 Å². The van der Waals surface area contributed by atoms with Gasteiger partial charge in [-0.1, -0.05) is 6.07 Å². The molecule has 1 saturated heterocycles. The number of nitrogens with zero attached hydrogens (tertiary/aromatic N) is 2. The number of hydrogen-bond acceptors (Lipinski definition) is 4. The molecule has 1 aromatic carbocycles. The van der Waals surface area contributed by atoms with Crippen LogP contribution in [-0.4, -0.2) is 29.4 Å². The van der Waals surface area contributed by atoms with Gasteiger partial charge in [0.15, 0.2) is 0 Å². The number of aryl methyl sites for hydroxylation is 2. The summed E-state index contributed by atoms with van der Waals surface area (Å²) in [7, 11) is 2.01. The Morgan fingerprint density at radius 1 is 1.38 bits per heavy atom. The van der Waals surface area contributed by atoms with Crippen molar-refractivity contribution in [1.82, 2.24) is 9.55 Å². The molecule has 1 aliphatic heterocycles. The Labute approximate surface area is 144 Å². The summed E-state index contributed by atoms with van der Waals surface area (Å²) < 4.78 is 13.5. The molecule has 3 rings (SSSR count). The Morgan fingerprint density at radius 2 is 2.17 bits per heavy atom. The zero-order chi connectivity index (χ0) is 16.9. The molecule has 5 nitrogen and oxygen atoms in total. The molecule has 0 spiro atoms. The van der Waals surface area contributed by atoms with Crippen LogP contribution in [0.5, 0.6) is 5.75 Å². The number of benzene rings is 1. The molecule has 130 valence electrons. The Kier molecular flexibility index (Phi) is 5.41. The van der Waals surface area contributed by atoms with Gasteiger partial charge in [0.05, 0.1) is 12.6 Å². The summed E-state index contributed by atoms with van der Waals surface area (Å²) in [5.74, 6) is 2.57. The lowest BCUT2D eigenvalue weighted by Crippen LogP contribution is -2.21. The number of imidazole rings is 1. The van der Waals surface area contributed by atoms with Crippen molar-refractivity contribution in [2.45, 2.75) is 32.7 Å². The second kappa shape index (κ2) is 7.71. The van der Waals surface area contributed by atoms with E-state index in [-0.39, 0.29) is 6.04 Å². The van der Waals surface area contributed by atoms with Crippen molar-refractivity contribution in [3.63, 3.8) is 0 Å². The highest BCUT2D eigenvalue weighted by Gasteiger charge is 2.15. The minimum atomic E-state index is 0.135. The van der Waals surface area contributed by atoms with Gasteiger partial charge in [0.2, 0.25) is 0 Å². The van der Waals surface area contributed by atoms with Crippen LogP contribution in [0.15, 0.2) is 30.6 Å². The van der Waals surface area contributed by atoms with E-state index in [1.165, 1.54) is 0 Å². The molecular weight excluding hydrogens is 302 g/mol. The Bertz CT molecular complexity index is 662. The van der Waals surface area contributed by atoms with Crippen LogP contribution in [0, 0.1) is 12.8 Å². The normalized spacial score (nSPS) is 16.8. The fourth-order valence-electron chi connectivity index (χ4n) is 3.08. The Morgan fingerprint density at radius 3 is 2.88 bits per heavy atom. The standard InChI is InChI=1S/C19H27N3O2/c1-14-4-5-17(21-15(2)19-20-8-9-22(19)3)12-18(14)24-13-16-6-10-23-11-7-16/h4-5,8-9,12,15-16,21H,6-7,10-11,13H2,1-3H3. The molecule has 2 heterocycles. The first-order valence-corrected chi connectivity index (χ1v) is 8.68. The summed E-state index contributed by atoms with van der Waals surface area (Å²) in [6.07, 6.45) is 5.97. The molecule has 0 bridgehead atoms. The molecule has 2 aromatic rings. The first-order valence-electron chi connectivity index (χ1n) is 8.68. The number of nitrogens with one attached hydrogen (secondary N) is 1.